The van der Waals surface area contributed by atoms with Crippen molar-refractivity contribution in [2.24, 2.45) is 0 Å². The van der Waals surface area contributed by atoms with Gasteiger partial charge in [-0.2, -0.15) is 0 Å². The second-order valence-electron chi connectivity index (χ2n) is 3.21. The lowest BCUT2D eigenvalue weighted by molar-refractivity contribution is 0.198. The summed E-state index contributed by atoms with van der Waals surface area (Å²) in [5, 5.41) is 9.80. The van der Waals surface area contributed by atoms with Crippen LogP contribution in [0.3, 0.4) is 0 Å². The third kappa shape index (κ3) is 2.08. The summed E-state index contributed by atoms with van der Waals surface area (Å²) in [7, 11) is 0. The van der Waals surface area contributed by atoms with Crippen molar-refractivity contribution >= 4 is 29.0 Å². The second-order valence-corrected chi connectivity index (χ2v) is 3.93. The molecule has 14 heavy (non-hydrogen) atoms. The van der Waals surface area contributed by atoms with Gasteiger partial charge in [0.15, 0.2) is 0 Å². The number of aliphatic hydroxyl groups excluding tert-OH is 1. The van der Waals surface area contributed by atoms with Crippen LogP contribution in [0, 0.1) is 0 Å². The van der Waals surface area contributed by atoms with Gasteiger partial charge in [0.2, 0.25) is 5.28 Å². The molecule has 0 aliphatic carbocycles. The molecule has 4 nitrogen and oxygen atoms in total. The van der Waals surface area contributed by atoms with Crippen LogP contribution in [0.15, 0.2) is 6.07 Å². The monoisotopic (exact) mass is 233 g/mol. The van der Waals surface area contributed by atoms with Crippen molar-refractivity contribution in [2.45, 2.75) is 12.5 Å². The predicted octanol–water partition coefficient (Wildman–Crippen LogP) is 1.35. The number of hydrogen-bond donors (Lipinski definition) is 1. The molecule has 0 saturated carbocycles. The van der Waals surface area contributed by atoms with E-state index in [-0.39, 0.29) is 11.4 Å². The van der Waals surface area contributed by atoms with Crippen LogP contribution < -0.4 is 4.90 Å². The largest absolute Gasteiger partial charge is 0.391 e. The van der Waals surface area contributed by atoms with Crippen molar-refractivity contribution in [1.29, 1.82) is 0 Å². The van der Waals surface area contributed by atoms with Gasteiger partial charge in [-0.25, -0.2) is 9.97 Å². The number of hydrogen-bond acceptors (Lipinski definition) is 4. The number of aliphatic hydroxyl groups is 1. The molecular weight excluding hydrogens is 225 g/mol. The minimum atomic E-state index is -0.289. The molecule has 1 saturated heterocycles. The average Bonchev–Trinajstić information content (AvgIpc) is 2.50. The fraction of sp³-hybridized carbons (Fsp3) is 0.500. The smallest absolute Gasteiger partial charge is 0.225 e. The van der Waals surface area contributed by atoms with E-state index in [1.165, 1.54) is 0 Å². The predicted molar refractivity (Wildman–Crippen MR) is 54.9 cm³/mol. The van der Waals surface area contributed by atoms with E-state index in [1.54, 1.807) is 6.07 Å². The van der Waals surface area contributed by atoms with Crippen LogP contribution in [0.1, 0.15) is 6.42 Å². The van der Waals surface area contributed by atoms with Crippen LogP contribution in [0.25, 0.3) is 0 Å². The highest BCUT2D eigenvalue weighted by molar-refractivity contribution is 6.32. The van der Waals surface area contributed by atoms with Gasteiger partial charge in [0, 0.05) is 19.2 Å². The van der Waals surface area contributed by atoms with Gasteiger partial charge >= 0.3 is 0 Å². The Morgan fingerprint density at radius 2 is 2.21 bits per heavy atom. The van der Waals surface area contributed by atoms with Crippen LogP contribution in [0.2, 0.25) is 10.4 Å². The molecule has 2 heterocycles. The Morgan fingerprint density at radius 3 is 2.79 bits per heavy atom. The highest BCUT2D eigenvalue weighted by atomic mass is 35.5. The zero-order valence-electron chi connectivity index (χ0n) is 7.32. The molecule has 1 atom stereocenters. The summed E-state index contributed by atoms with van der Waals surface area (Å²) in [6, 6.07) is 1.64. The molecule has 1 aromatic rings. The molecule has 0 aromatic carbocycles. The minimum absolute atomic E-state index is 0.133. The van der Waals surface area contributed by atoms with E-state index in [4.69, 9.17) is 23.2 Å². The lowest BCUT2D eigenvalue weighted by Crippen LogP contribution is -2.22. The summed E-state index contributed by atoms with van der Waals surface area (Å²) in [4.78, 5) is 9.73. The van der Waals surface area contributed by atoms with Gasteiger partial charge in [0.1, 0.15) is 11.0 Å². The summed E-state index contributed by atoms with van der Waals surface area (Å²) < 4.78 is 0. The summed E-state index contributed by atoms with van der Waals surface area (Å²) >= 11 is 11.4. The highest BCUT2D eigenvalue weighted by Crippen LogP contribution is 2.22. The molecule has 1 fully saturated rings. The van der Waals surface area contributed by atoms with E-state index in [9.17, 15) is 5.11 Å². The van der Waals surface area contributed by atoms with E-state index in [2.05, 4.69) is 9.97 Å². The SMILES string of the molecule is O[C@H]1CCN(c2cc(Cl)nc(Cl)n2)C1. The van der Waals surface area contributed by atoms with Gasteiger partial charge in [0.25, 0.3) is 0 Å². The van der Waals surface area contributed by atoms with Crippen molar-refractivity contribution in [3.63, 3.8) is 0 Å². The maximum atomic E-state index is 9.35. The molecule has 1 aliphatic rings. The number of rotatable bonds is 1. The van der Waals surface area contributed by atoms with Crippen LogP contribution in [-0.2, 0) is 0 Å². The van der Waals surface area contributed by atoms with E-state index >= 15 is 0 Å². The van der Waals surface area contributed by atoms with Crippen LogP contribution in [-0.4, -0.2) is 34.3 Å². The quantitative estimate of drug-likeness (QED) is 0.588. The minimum Gasteiger partial charge on any atom is -0.391 e. The summed E-state index contributed by atoms with van der Waals surface area (Å²) in [5.74, 6) is 0.673. The molecule has 0 amide bonds. The fourth-order valence-electron chi connectivity index (χ4n) is 1.49. The average molecular weight is 234 g/mol. The summed E-state index contributed by atoms with van der Waals surface area (Å²) in [6.07, 6.45) is 0.460. The van der Waals surface area contributed by atoms with Gasteiger partial charge in [0.05, 0.1) is 6.10 Å². The number of aromatic nitrogens is 2. The first-order chi connectivity index (χ1) is 6.65. The molecule has 0 spiro atoms. The first-order valence-corrected chi connectivity index (χ1v) is 5.04. The van der Waals surface area contributed by atoms with Crippen molar-refractivity contribution in [3.8, 4) is 0 Å². The maximum Gasteiger partial charge on any atom is 0.225 e. The highest BCUT2D eigenvalue weighted by Gasteiger charge is 2.21. The molecule has 0 radical (unpaired) electrons. The Labute approximate surface area is 91.5 Å². The van der Waals surface area contributed by atoms with Crippen molar-refractivity contribution in [2.75, 3.05) is 18.0 Å². The molecule has 6 heteroatoms. The van der Waals surface area contributed by atoms with E-state index in [0.29, 0.717) is 17.5 Å². The summed E-state index contributed by atoms with van der Waals surface area (Å²) in [5.41, 5.74) is 0. The fourth-order valence-corrected chi connectivity index (χ4v) is 1.89. The Hall–Kier alpha value is -0.580. The molecule has 1 aromatic heterocycles. The van der Waals surface area contributed by atoms with Gasteiger partial charge in [-0.1, -0.05) is 11.6 Å². The number of anilines is 1. The Bertz CT molecular complexity index is 327. The van der Waals surface area contributed by atoms with E-state index in [0.717, 1.165) is 13.0 Å². The molecule has 76 valence electrons. The van der Waals surface area contributed by atoms with Gasteiger partial charge in [-0.15, -0.1) is 0 Å². The molecular formula is C8H9Cl2N3O. The molecule has 0 bridgehead atoms. The number of halogens is 2. The zero-order chi connectivity index (χ0) is 10.1. The second kappa shape index (κ2) is 3.88. The van der Waals surface area contributed by atoms with Crippen molar-refractivity contribution < 1.29 is 5.11 Å². The third-order valence-electron chi connectivity index (χ3n) is 2.14. The first kappa shape index (κ1) is 9.96. The molecule has 0 unspecified atom stereocenters. The molecule has 1 N–H and O–H groups in total. The van der Waals surface area contributed by atoms with E-state index < -0.39 is 0 Å². The lowest BCUT2D eigenvalue weighted by atomic mass is 10.3. The standard InChI is InChI=1S/C8H9Cl2N3O/c9-6-3-7(12-8(10)11-6)13-2-1-5(14)4-13/h3,5,14H,1-2,4H2/t5-/m0/s1. The third-order valence-corrected chi connectivity index (χ3v) is 2.50. The van der Waals surface area contributed by atoms with Crippen LogP contribution >= 0.6 is 23.2 Å². The van der Waals surface area contributed by atoms with Crippen molar-refractivity contribution in [1.82, 2.24) is 9.97 Å². The number of nitrogens with zero attached hydrogens (tertiary/aromatic N) is 3. The Morgan fingerprint density at radius 1 is 1.43 bits per heavy atom. The first-order valence-electron chi connectivity index (χ1n) is 4.28. The Balaban J connectivity index is 2.23. The Kier molecular flexibility index (Phi) is 2.76. The number of β-amino-alcohol motifs (C(OH)–C–C–N with tert-alkyl or cyclic N) is 1. The van der Waals surface area contributed by atoms with Gasteiger partial charge < -0.3 is 10.0 Å². The maximum absolute atomic E-state index is 9.35. The van der Waals surface area contributed by atoms with Crippen molar-refractivity contribution in [3.05, 3.63) is 16.5 Å². The van der Waals surface area contributed by atoms with Gasteiger partial charge in [-0.3, -0.25) is 0 Å². The summed E-state index contributed by atoms with van der Waals surface area (Å²) in [6.45, 7) is 1.34. The molecule has 2 rings (SSSR count). The molecule has 1 aliphatic heterocycles. The zero-order valence-corrected chi connectivity index (χ0v) is 8.83. The normalized spacial score (nSPS) is 21.6. The van der Waals surface area contributed by atoms with Crippen LogP contribution in [0.5, 0.6) is 0 Å². The van der Waals surface area contributed by atoms with Crippen LogP contribution in [0.4, 0.5) is 5.82 Å². The van der Waals surface area contributed by atoms with Gasteiger partial charge in [-0.05, 0) is 18.0 Å². The lowest BCUT2D eigenvalue weighted by Gasteiger charge is -2.16. The van der Waals surface area contributed by atoms with E-state index in [1.807, 2.05) is 4.90 Å². The topological polar surface area (TPSA) is 49.2 Å².